The van der Waals surface area contributed by atoms with Crippen molar-refractivity contribution in [2.75, 3.05) is 19.7 Å². The van der Waals surface area contributed by atoms with Crippen molar-refractivity contribution in [3.8, 4) is 0 Å². The monoisotopic (exact) mass is 259 g/mol. The predicted octanol–water partition coefficient (Wildman–Crippen LogP) is 1.95. The Balaban J connectivity index is 1.81. The third-order valence-corrected chi connectivity index (χ3v) is 4.77. The van der Waals surface area contributed by atoms with Gasteiger partial charge in [-0.3, -0.25) is 4.79 Å². The number of amides is 1. The minimum absolute atomic E-state index is 0.197. The molecule has 1 saturated heterocycles. The number of nitrogens with zero attached hydrogens (tertiary/aromatic N) is 1. The Morgan fingerprint density at radius 1 is 1.32 bits per heavy atom. The van der Waals surface area contributed by atoms with Gasteiger partial charge in [-0.05, 0) is 24.8 Å². The number of carbonyl (C=O) groups excluding carboxylic acids is 1. The van der Waals surface area contributed by atoms with Crippen molar-refractivity contribution < 1.29 is 9.90 Å². The molecular formula is C16H21NO2. The van der Waals surface area contributed by atoms with E-state index in [2.05, 4.69) is 12.1 Å². The van der Waals surface area contributed by atoms with Crippen LogP contribution in [0.4, 0.5) is 0 Å². The van der Waals surface area contributed by atoms with Crippen molar-refractivity contribution in [2.45, 2.75) is 31.1 Å². The van der Waals surface area contributed by atoms with Crippen LogP contribution in [0.25, 0.3) is 0 Å². The molecule has 2 fully saturated rings. The van der Waals surface area contributed by atoms with E-state index in [0.29, 0.717) is 0 Å². The van der Waals surface area contributed by atoms with Crippen LogP contribution in [0.5, 0.6) is 0 Å². The molecule has 2 aliphatic rings. The fourth-order valence-corrected chi connectivity index (χ4v) is 3.38. The van der Waals surface area contributed by atoms with E-state index < -0.39 is 0 Å². The van der Waals surface area contributed by atoms with Gasteiger partial charge in [0.05, 0.1) is 5.41 Å². The molecule has 0 spiro atoms. The average Bonchev–Trinajstić information content (AvgIpc) is 2.87. The number of hydrogen-bond donors (Lipinski definition) is 1. The number of hydrogen-bond acceptors (Lipinski definition) is 2. The zero-order valence-corrected chi connectivity index (χ0v) is 11.2. The van der Waals surface area contributed by atoms with E-state index in [0.717, 1.165) is 38.8 Å². The number of likely N-dealkylation sites (tertiary alicyclic amines) is 1. The Morgan fingerprint density at radius 3 is 2.58 bits per heavy atom. The molecule has 1 saturated carbocycles. The first-order valence-corrected chi connectivity index (χ1v) is 7.22. The van der Waals surface area contributed by atoms with Crippen LogP contribution in [-0.2, 0) is 10.2 Å². The third kappa shape index (κ3) is 2.06. The molecule has 0 radical (unpaired) electrons. The first-order valence-electron chi connectivity index (χ1n) is 7.22. The molecule has 0 bridgehead atoms. The normalized spacial score (nSPS) is 25.1. The number of benzene rings is 1. The fourth-order valence-electron chi connectivity index (χ4n) is 3.38. The van der Waals surface area contributed by atoms with Gasteiger partial charge in [0, 0.05) is 25.6 Å². The first kappa shape index (κ1) is 12.7. The molecule has 3 heteroatoms. The zero-order chi connectivity index (χ0) is 13.3. The molecule has 1 aromatic rings. The summed E-state index contributed by atoms with van der Waals surface area (Å²) in [4.78, 5) is 14.8. The number of carbonyl (C=O) groups is 1. The molecule has 1 unspecified atom stereocenters. The van der Waals surface area contributed by atoms with Crippen molar-refractivity contribution in [3.05, 3.63) is 35.9 Å². The summed E-state index contributed by atoms with van der Waals surface area (Å²) in [5.74, 6) is 0.553. The highest BCUT2D eigenvalue weighted by Gasteiger charge is 2.48. The Hall–Kier alpha value is -1.35. The second kappa shape index (κ2) is 4.97. The lowest BCUT2D eigenvalue weighted by Gasteiger charge is -2.43. The molecule has 1 aromatic carbocycles. The summed E-state index contributed by atoms with van der Waals surface area (Å²) in [6.45, 7) is 1.73. The van der Waals surface area contributed by atoms with Crippen molar-refractivity contribution in [1.82, 2.24) is 4.90 Å². The molecule has 1 N–H and O–H groups in total. The summed E-state index contributed by atoms with van der Waals surface area (Å²) in [6.07, 6.45) is 4.01. The molecule has 0 aromatic heterocycles. The fraction of sp³-hybridized carbons (Fsp3) is 0.562. The lowest BCUT2D eigenvalue weighted by atomic mass is 9.63. The van der Waals surface area contributed by atoms with E-state index in [1.54, 1.807) is 0 Å². The van der Waals surface area contributed by atoms with Crippen molar-refractivity contribution in [1.29, 1.82) is 0 Å². The quantitative estimate of drug-likeness (QED) is 0.901. The Morgan fingerprint density at radius 2 is 2.05 bits per heavy atom. The maximum Gasteiger partial charge on any atom is 0.233 e. The van der Waals surface area contributed by atoms with Crippen LogP contribution in [0, 0.1) is 5.92 Å². The van der Waals surface area contributed by atoms with Crippen LogP contribution in [0.3, 0.4) is 0 Å². The molecule has 1 amide bonds. The van der Waals surface area contributed by atoms with E-state index in [1.807, 2.05) is 23.1 Å². The second-order valence-corrected chi connectivity index (χ2v) is 5.89. The molecule has 1 aliphatic heterocycles. The summed E-state index contributed by atoms with van der Waals surface area (Å²) >= 11 is 0. The Labute approximate surface area is 114 Å². The first-order chi connectivity index (χ1) is 9.26. The summed E-state index contributed by atoms with van der Waals surface area (Å²) < 4.78 is 0. The van der Waals surface area contributed by atoms with Gasteiger partial charge in [0.25, 0.3) is 0 Å². The standard InChI is InChI=1S/C16H21NO2/c18-12-13-7-10-17(11-13)15(19)16(8-4-9-16)14-5-2-1-3-6-14/h1-3,5-6,13,18H,4,7-12H2. The summed E-state index contributed by atoms with van der Waals surface area (Å²) in [6, 6.07) is 10.2. The van der Waals surface area contributed by atoms with Crippen molar-refractivity contribution >= 4 is 5.91 Å². The van der Waals surface area contributed by atoms with Crippen LogP contribution >= 0.6 is 0 Å². The van der Waals surface area contributed by atoms with Crippen molar-refractivity contribution in [3.63, 3.8) is 0 Å². The topological polar surface area (TPSA) is 40.5 Å². The molecule has 3 rings (SSSR count). The third-order valence-electron chi connectivity index (χ3n) is 4.77. The van der Waals surface area contributed by atoms with E-state index in [4.69, 9.17) is 0 Å². The van der Waals surface area contributed by atoms with Gasteiger partial charge in [-0.25, -0.2) is 0 Å². The van der Waals surface area contributed by atoms with E-state index in [-0.39, 0.29) is 23.8 Å². The van der Waals surface area contributed by atoms with E-state index in [1.165, 1.54) is 5.56 Å². The van der Waals surface area contributed by atoms with Gasteiger partial charge >= 0.3 is 0 Å². The predicted molar refractivity (Wildman–Crippen MR) is 73.7 cm³/mol. The minimum Gasteiger partial charge on any atom is -0.396 e. The molecule has 102 valence electrons. The van der Waals surface area contributed by atoms with Crippen molar-refractivity contribution in [2.24, 2.45) is 5.92 Å². The number of aliphatic hydroxyl groups is 1. The smallest absolute Gasteiger partial charge is 0.233 e. The Kier molecular flexibility index (Phi) is 3.31. The van der Waals surface area contributed by atoms with Gasteiger partial charge in [0.1, 0.15) is 0 Å². The van der Waals surface area contributed by atoms with Gasteiger partial charge in [-0.1, -0.05) is 36.8 Å². The highest BCUT2D eigenvalue weighted by Crippen LogP contribution is 2.45. The molecule has 19 heavy (non-hydrogen) atoms. The van der Waals surface area contributed by atoms with Crippen LogP contribution < -0.4 is 0 Å². The summed E-state index contributed by atoms with van der Waals surface area (Å²) in [5, 5.41) is 9.22. The van der Waals surface area contributed by atoms with Crippen LogP contribution in [0.1, 0.15) is 31.2 Å². The second-order valence-electron chi connectivity index (χ2n) is 5.89. The lowest BCUT2D eigenvalue weighted by molar-refractivity contribution is -0.140. The summed E-state index contributed by atoms with van der Waals surface area (Å²) in [5.41, 5.74) is 0.893. The van der Waals surface area contributed by atoms with Crippen LogP contribution in [0.2, 0.25) is 0 Å². The molecule has 1 atom stereocenters. The summed E-state index contributed by atoms with van der Waals surface area (Å²) in [7, 11) is 0. The highest BCUT2D eigenvalue weighted by molar-refractivity contribution is 5.89. The van der Waals surface area contributed by atoms with Gasteiger partial charge in [-0.15, -0.1) is 0 Å². The highest BCUT2D eigenvalue weighted by atomic mass is 16.3. The van der Waals surface area contributed by atoms with E-state index >= 15 is 0 Å². The average molecular weight is 259 g/mol. The molecule has 1 heterocycles. The minimum atomic E-state index is -0.272. The molecular weight excluding hydrogens is 238 g/mol. The largest absolute Gasteiger partial charge is 0.396 e. The lowest BCUT2D eigenvalue weighted by Crippen LogP contribution is -2.50. The zero-order valence-electron chi connectivity index (χ0n) is 11.2. The van der Waals surface area contributed by atoms with Crippen LogP contribution in [0.15, 0.2) is 30.3 Å². The van der Waals surface area contributed by atoms with Gasteiger partial charge in [0.15, 0.2) is 0 Å². The maximum absolute atomic E-state index is 12.9. The SMILES string of the molecule is O=C(N1CCC(CO)C1)C1(c2ccccc2)CCC1. The Bertz CT molecular complexity index is 453. The number of aliphatic hydroxyl groups excluding tert-OH is 1. The number of rotatable bonds is 3. The maximum atomic E-state index is 12.9. The van der Waals surface area contributed by atoms with Gasteiger partial charge in [-0.2, -0.15) is 0 Å². The van der Waals surface area contributed by atoms with E-state index in [9.17, 15) is 9.90 Å². The molecule has 3 nitrogen and oxygen atoms in total. The van der Waals surface area contributed by atoms with Crippen LogP contribution in [-0.4, -0.2) is 35.6 Å². The van der Waals surface area contributed by atoms with Gasteiger partial charge in [0.2, 0.25) is 5.91 Å². The van der Waals surface area contributed by atoms with Gasteiger partial charge < -0.3 is 10.0 Å². The molecule has 1 aliphatic carbocycles.